The van der Waals surface area contributed by atoms with Gasteiger partial charge in [0.25, 0.3) is 5.91 Å². The number of hydrogen-bond donors (Lipinski definition) is 2. The van der Waals surface area contributed by atoms with E-state index in [1.807, 2.05) is 13.8 Å². The van der Waals surface area contributed by atoms with Crippen molar-refractivity contribution in [2.75, 3.05) is 13.2 Å². The average Bonchev–Trinajstić information content (AvgIpc) is 2.79. The molecule has 0 bridgehead atoms. The second kappa shape index (κ2) is 8.36. The van der Waals surface area contributed by atoms with Gasteiger partial charge in [-0.3, -0.25) is 4.79 Å². The van der Waals surface area contributed by atoms with Crippen LogP contribution in [0.4, 0.5) is 0 Å². The highest BCUT2D eigenvalue weighted by molar-refractivity contribution is 5.99. The van der Waals surface area contributed by atoms with E-state index in [4.69, 9.17) is 9.47 Å². The molecule has 7 heteroatoms. The second-order valence-corrected chi connectivity index (χ2v) is 5.30. The monoisotopic (exact) mass is 324 g/mol. The molecule has 0 aliphatic rings. The highest BCUT2D eigenvalue weighted by Gasteiger charge is 2.24. The van der Waals surface area contributed by atoms with Gasteiger partial charge in [0.2, 0.25) is 0 Å². The van der Waals surface area contributed by atoms with Crippen LogP contribution in [-0.4, -0.2) is 42.1 Å². The third kappa shape index (κ3) is 4.84. The van der Waals surface area contributed by atoms with Crippen LogP contribution in [0.3, 0.4) is 0 Å². The molecule has 1 amide bonds. The predicted octanol–water partition coefficient (Wildman–Crippen LogP) is 1.88. The van der Waals surface area contributed by atoms with Crippen molar-refractivity contribution >= 4 is 17.8 Å². The Labute approximate surface area is 135 Å². The molecule has 0 spiro atoms. The van der Waals surface area contributed by atoms with Crippen LogP contribution in [0.5, 0.6) is 0 Å². The van der Waals surface area contributed by atoms with Crippen LogP contribution in [0.2, 0.25) is 0 Å². The lowest BCUT2D eigenvalue weighted by Crippen LogP contribution is -2.35. The number of aromatic nitrogens is 1. The van der Waals surface area contributed by atoms with Gasteiger partial charge < -0.3 is 19.8 Å². The average molecular weight is 324 g/mol. The molecule has 0 fully saturated rings. The number of ether oxygens (including phenoxy) is 2. The summed E-state index contributed by atoms with van der Waals surface area (Å²) in [6.45, 7) is 8.70. The maximum atomic E-state index is 12.1. The van der Waals surface area contributed by atoms with Crippen molar-refractivity contribution in [2.45, 2.75) is 47.1 Å². The molecule has 0 radical (unpaired) electrons. The molecule has 0 saturated carbocycles. The zero-order chi connectivity index (χ0) is 17.6. The van der Waals surface area contributed by atoms with Gasteiger partial charge in [-0.15, -0.1) is 0 Å². The summed E-state index contributed by atoms with van der Waals surface area (Å²) in [7, 11) is 0. The lowest BCUT2D eigenvalue weighted by molar-refractivity contribution is -0.124. The molecule has 128 valence electrons. The number of amides is 1. The molecule has 0 aliphatic carbocycles. The molecule has 1 aromatic heterocycles. The van der Waals surface area contributed by atoms with Gasteiger partial charge in [-0.25, -0.2) is 9.59 Å². The molecule has 2 N–H and O–H groups in total. The summed E-state index contributed by atoms with van der Waals surface area (Å²) in [4.78, 5) is 38.4. The molecule has 1 aromatic rings. The van der Waals surface area contributed by atoms with Gasteiger partial charge in [-0.05, 0) is 39.7 Å². The van der Waals surface area contributed by atoms with Crippen LogP contribution < -0.4 is 5.32 Å². The quantitative estimate of drug-likeness (QED) is 0.746. The van der Waals surface area contributed by atoms with E-state index in [-0.39, 0.29) is 30.9 Å². The van der Waals surface area contributed by atoms with Gasteiger partial charge in [0.15, 0.2) is 6.61 Å². The van der Waals surface area contributed by atoms with Crippen molar-refractivity contribution in [2.24, 2.45) is 0 Å². The summed E-state index contributed by atoms with van der Waals surface area (Å²) in [5.74, 6) is -1.54. The number of aromatic amines is 1. The first-order chi connectivity index (χ1) is 10.8. The van der Waals surface area contributed by atoms with E-state index in [1.54, 1.807) is 20.8 Å². The van der Waals surface area contributed by atoms with E-state index in [9.17, 15) is 14.4 Å². The van der Waals surface area contributed by atoms with Gasteiger partial charge in [0.1, 0.15) is 5.69 Å². The fourth-order valence-electron chi connectivity index (χ4n) is 2.09. The summed E-state index contributed by atoms with van der Waals surface area (Å²) in [6, 6.07) is 0.0195. The number of carbonyl (C=O) groups excluding carboxylic acids is 3. The van der Waals surface area contributed by atoms with Gasteiger partial charge in [0, 0.05) is 11.7 Å². The smallest absolute Gasteiger partial charge is 0.355 e. The second-order valence-electron chi connectivity index (χ2n) is 5.30. The van der Waals surface area contributed by atoms with Crippen molar-refractivity contribution in [3.8, 4) is 0 Å². The van der Waals surface area contributed by atoms with E-state index >= 15 is 0 Å². The van der Waals surface area contributed by atoms with Crippen LogP contribution in [-0.2, 0) is 14.3 Å². The number of carbonyl (C=O) groups is 3. The van der Waals surface area contributed by atoms with Crippen LogP contribution in [0.25, 0.3) is 0 Å². The highest BCUT2D eigenvalue weighted by atomic mass is 16.5. The molecule has 0 aliphatic heterocycles. The number of H-pyrrole nitrogens is 1. The molecule has 7 nitrogen and oxygen atoms in total. The zero-order valence-corrected chi connectivity index (χ0v) is 14.2. The largest absolute Gasteiger partial charge is 0.462 e. The summed E-state index contributed by atoms with van der Waals surface area (Å²) < 4.78 is 9.95. The molecule has 0 unspecified atom stereocenters. The summed E-state index contributed by atoms with van der Waals surface area (Å²) >= 11 is 0. The third-order valence-corrected chi connectivity index (χ3v) is 3.48. The van der Waals surface area contributed by atoms with Crippen LogP contribution in [0.1, 0.15) is 59.3 Å². The molecule has 1 heterocycles. The Hall–Kier alpha value is -2.31. The van der Waals surface area contributed by atoms with Crippen LogP contribution >= 0.6 is 0 Å². The van der Waals surface area contributed by atoms with Crippen LogP contribution in [0.15, 0.2) is 0 Å². The fraction of sp³-hybridized carbons (Fsp3) is 0.562. The van der Waals surface area contributed by atoms with E-state index in [1.165, 1.54) is 0 Å². The SMILES string of the molecule is CCOC(=O)c1c(C)[nH]c(C(=O)OCC(=O)N[C@@H](C)CC)c1C. The predicted molar refractivity (Wildman–Crippen MR) is 84.4 cm³/mol. The number of aryl methyl sites for hydroxylation is 1. The van der Waals surface area contributed by atoms with Crippen molar-refractivity contribution in [3.05, 3.63) is 22.5 Å². The zero-order valence-electron chi connectivity index (χ0n) is 14.2. The van der Waals surface area contributed by atoms with E-state index in [0.717, 1.165) is 6.42 Å². The molecular formula is C16H24N2O5. The molecule has 1 rings (SSSR count). The summed E-state index contributed by atoms with van der Waals surface area (Å²) in [5.41, 5.74) is 1.45. The van der Waals surface area contributed by atoms with Gasteiger partial charge in [-0.1, -0.05) is 6.92 Å². The lowest BCUT2D eigenvalue weighted by Gasteiger charge is -2.11. The maximum absolute atomic E-state index is 12.1. The van der Waals surface area contributed by atoms with Crippen molar-refractivity contribution in [1.29, 1.82) is 0 Å². The van der Waals surface area contributed by atoms with E-state index in [2.05, 4.69) is 10.3 Å². The summed E-state index contributed by atoms with van der Waals surface area (Å²) in [5, 5.41) is 2.70. The topological polar surface area (TPSA) is 97.5 Å². The lowest BCUT2D eigenvalue weighted by atomic mass is 10.1. The van der Waals surface area contributed by atoms with E-state index in [0.29, 0.717) is 16.8 Å². The molecular weight excluding hydrogens is 300 g/mol. The van der Waals surface area contributed by atoms with Crippen molar-refractivity contribution in [3.63, 3.8) is 0 Å². The Kier molecular flexibility index (Phi) is 6.81. The maximum Gasteiger partial charge on any atom is 0.355 e. The normalized spacial score (nSPS) is 11.7. The standard InChI is InChI=1S/C16H24N2O5/c1-6-9(3)17-12(19)8-23-16(21)14-10(4)13(11(5)18-14)15(20)22-7-2/h9,18H,6-8H2,1-5H3,(H,17,19)/t9-/m0/s1. The first kappa shape index (κ1) is 18.7. The minimum Gasteiger partial charge on any atom is -0.462 e. The number of rotatable bonds is 7. The number of esters is 2. The molecule has 0 aromatic carbocycles. The van der Waals surface area contributed by atoms with Crippen molar-refractivity contribution < 1.29 is 23.9 Å². The van der Waals surface area contributed by atoms with Gasteiger partial charge >= 0.3 is 11.9 Å². The number of nitrogens with one attached hydrogen (secondary N) is 2. The minimum absolute atomic E-state index is 0.0195. The Bertz CT molecular complexity index is 592. The van der Waals surface area contributed by atoms with Gasteiger partial charge in [0.05, 0.1) is 12.2 Å². The minimum atomic E-state index is -0.680. The molecule has 0 saturated heterocycles. The Balaban J connectivity index is 2.76. The van der Waals surface area contributed by atoms with Crippen LogP contribution in [0, 0.1) is 13.8 Å². The van der Waals surface area contributed by atoms with E-state index < -0.39 is 11.9 Å². The Morgan fingerprint density at radius 2 is 1.78 bits per heavy atom. The van der Waals surface area contributed by atoms with Crippen molar-refractivity contribution in [1.82, 2.24) is 10.3 Å². The van der Waals surface area contributed by atoms with Gasteiger partial charge in [-0.2, -0.15) is 0 Å². The molecule has 1 atom stereocenters. The highest BCUT2D eigenvalue weighted by Crippen LogP contribution is 2.19. The fourth-order valence-corrected chi connectivity index (χ4v) is 2.09. The third-order valence-electron chi connectivity index (χ3n) is 3.48. The Morgan fingerprint density at radius 1 is 1.13 bits per heavy atom. The first-order valence-corrected chi connectivity index (χ1v) is 7.64. The number of hydrogen-bond acceptors (Lipinski definition) is 5. The Morgan fingerprint density at radius 3 is 2.35 bits per heavy atom. The molecule has 23 heavy (non-hydrogen) atoms. The first-order valence-electron chi connectivity index (χ1n) is 7.64. The summed E-state index contributed by atoms with van der Waals surface area (Å²) in [6.07, 6.45) is 0.789.